The summed E-state index contributed by atoms with van der Waals surface area (Å²) in [5, 5.41) is 16.1. The van der Waals surface area contributed by atoms with E-state index in [1.165, 1.54) is 109 Å². The summed E-state index contributed by atoms with van der Waals surface area (Å²) in [6.45, 7) is 3.64. The van der Waals surface area contributed by atoms with Crippen molar-refractivity contribution in [2.75, 3.05) is 0 Å². The van der Waals surface area contributed by atoms with E-state index in [0.717, 1.165) is 23.3 Å². The van der Waals surface area contributed by atoms with Gasteiger partial charge in [-0.25, -0.2) is 0 Å². The molecule has 60 heavy (non-hydrogen) atoms. The van der Waals surface area contributed by atoms with E-state index in [4.69, 9.17) is 8.37 Å². The number of hydrogen-bond acceptors (Lipinski definition) is 14. The molecule has 0 aliphatic rings. The lowest BCUT2D eigenvalue weighted by atomic mass is 10.1. The first-order chi connectivity index (χ1) is 28.2. The smallest absolute Gasteiger partial charge is 0.339 e. The van der Waals surface area contributed by atoms with Gasteiger partial charge in [-0.1, -0.05) is 59.7 Å². The fourth-order valence-electron chi connectivity index (χ4n) is 5.20. The maximum Gasteiger partial charge on any atom is 0.339 e. The predicted molar refractivity (Wildman–Crippen MR) is 221 cm³/mol. The van der Waals surface area contributed by atoms with Gasteiger partial charge in [0.25, 0.3) is 20.2 Å². The summed E-state index contributed by atoms with van der Waals surface area (Å²) in [4.78, 5) is -1.23. The Bertz CT molecular complexity index is 2890. The molecule has 6 aromatic rings. The Balaban J connectivity index is 1.16. The molecule has 0 aromatic heterocycles. The Labute approximate surface area is 346 Å². The zero-order valence-electron chi connectivity index (χ0n) is 31.3. The lowest BCUT2D eigenvalue weighted by molar-refractivity contribution is 0.480. The average molecular weight is 889 g/mol. The largest absolute Gasteiger partial charge is 0.379 e. The summed E-state index contributed by atoms with van der Waals surface area (Å²) in [6.07, 6.45) is 2.39. The van der Waals surface area contributed by atoms with Crippen molar-refractivity contribution in [1.82, 2.24) is 0 Å². The van der Waals surface area contributed by atoms with Crippen molar-refractivity contribution >= 4 is 75.4 Å². The summed E-state index contributed by atoms with van der Waals surface area (Å²) in [6, 6.07) is 30.7. The van der Waals surface area contributed by atoms with Crippen LogP contribution in [0.3, 0.4) is 0 Å². The third-order valence-electron chi connectivity index (χ3n) is 8.26. The summed E-state index contributed by atoms with van der Waals surface area (Å²) < 4.78 is 130. The molecule has 20 heteroatoms. The Morgan fingerprint density at radius 2 is 0.717 bits per heavy atom. The standard InChI is InChI=1S/C40H32N4O12S4/c1-27-3-21-37(22-4-27)59(51,52)55-35-17-13-31(14-18-35)41-43-33-11-9-29(39(25-33)57(45,46)47)7-8-30-10-12-34(26-40(30)58(48,49)50)44-42-32-15-19-36(20-16-32)56-60(53,54)38-23-5-28(2)6-24-38/h3-26H,1-2H3,(H,45,46,47)(H,48,49,50)/b8-7+,43-41?,44-42?. The molecule has 0 fully saturated rings. The van der Waals surface area contributed by atoms with Gasteiger partial charge in [-0.3, -0.25) is 9.11 Å². The van der Waals surface area contributed by atoms with E-state index in [1.807, 2.05) is 13.8 Å². The van der Waals surface area contributed by atoms with Crippen LogP contribution in [0.15, 0.2) is 173 Å². The monoisotopic (exact) mass is 888 g/mol. The Morgan fingerprint density at radius 1 is 0.417 bits per heavy atom. The fourth-order valence-corrected chi connectivity index (χ4v) is 8.47. The van der Waals surface area contributed by atoms with Crippen LogP contribution in [0.5, 0.6) is 11.5 Å². The van der Waals surface area contributed by atoms with Crippen LogP contribution in [0.1, 0.15) is 22.3 Å². The van der Waals surface area contributed by atoms with E-state index >= 15 is 0 Å². The molecular formula is C40H32N4O12S4. The number of nitrogens with zero attached hydrogens (tertiary/aromatic N) is 4. The molecule has 308 valence electrons. The van der Waals surface area contributed by atoms with Gasteiger partial charge in [0.15, 0.2) is 0 Å². The summed E-state index contributed by atoms with van der Waals surface area (Å²) in [5.74, 6) is 0.0281. The molecular weight excluding hydrogens is 857 g/mol. The van der Waals surface area contributed by atoms with Crippen LogP contribution in [0.4, 0.5) is 22.7 Å². The quantitative estimate of drug-likeness (QED) is 0.0450. The van der Waals surface area contributed by atoms with Gasteiger partial charge in [0.2, 0.25) is 0 Å². The first-order valence-electron chi connectivity index (χ1n) is 17.2. The second-order valence-corrected chi connectivity index (χ2v) is 18.7. The maximum absolute atomic E-state index is 12.6. The Hall–Kier alpha value is -6.42. The minimum absolute atomic E-state index is 0.00448. The van der Waals surface area contributed by atoms with E-state index in [1.54, 1.807) is 24.3 Å². The van der Waals surface area contributed by atoms with E-state index in [9.17, 15) is 42.8 Å². The van der Waals surface area contributed by atoms with Crippen LogP contribution in [0.2, 0.25) is 0 Å². The second-order valence-electron chi connectivity index (χ2n) is 12.8. The number of hydrogen-bond donors (Lipinski definition) is 2. The maximum atomic E-state index is 12.6. The van der Waals surface area contributed by atoms with Crippen LogP contribution < -0.4 is 8.37 Å². The molecule has 6 rings (SSSR count). The van der Waals surface area contributed by atoms with Crippen LogP contribution in [-0.4, -0.2) is 42.8 Å². The van der Waals surface area contributed by atoms with Crippen molar-refractivity contribution in [2.24, 2.45) is 20.5 Å². The first-order valence-corrected chi connectivity index (χ1v) is 22.9. The summed E-state index contributed by atoms with van der Waals surface area (Å²) >= 11 is 0. The molecule has 0 aliphatic heterocycles. The van der Waals surface area contributed by atoms with E-state index < -0.39 is 50.3 Å². The lowest BCUT2D eigenvalue weighted by Crippen LogP contribution is -2.09. The molecule has 0 heterocycles. The van der Waals surface area contributed by atoms with Gasteiger partial charge >= 0.3 is 20.2 Å². The SMILES string of the molecule is Cc1ccc(S(=O)(=O)Oc2ccc(N=Nc3ccc(/C=C/c4ccc(N=Nc5ccc(OS(=O)(=O)c6ccc(C)cc6)cc5)cc4S(=O)(=O)O)c(S(=O)(=O)O)c3)cc2)cc1. The lowest BCUT2D eigenvalue weighted by Gasteiger charge is -2.07. The van der Waals surface area contributed by atoms with Crippen LogP contribution >= 0.6 is 0 Å². The van der Waals surface area contributed by atoms with Gasteiger partial charge in [-0.05, 0) is 122 Å². The van der Waals surface area contributed by atoms with Gasteiger partial charge in [-0.15, -0.1) is 0 Å². The van der Waals surface area contributed by atoms with Crippen LogP contribution in [-0.2, 0) is 40.5 Å². The third kappa shape index (κ3) is 11.2. The van der Waals surface area contributed by atoms with Crippen molar-refractivity contribution < 1.29 is 51.1 Å². The van der Waals surface area contributed by atoms with E-state index in [2.05, 4.69) is 20.5 Å². The molecule has 2 N–H and O–H groups in total. The molecule has 0 radical (unpaired) electrons. The third-order valence-corrected chi connectivity index (χ3v) is 12.6. The van der Waals surface area contributed by atoms with Crippen molar-refractivity contribution in [1.29, 1.82) is 0 Å². The average Bonchev–Trinajstić information content (AvgIpc) is 3.19. The van der Waals surface area contributed by atoms with Gasteiger partial charge in [0, 0.05) is 0 Å². The number of aryl methyl sites for hydroxylation is 2. The molecule has 16 nitrogen and oxygen atoms in total. The number of benzene rings is 6. The zero-order chi connectivity index (χ0) is 43.3. The molecule has 0 saturated carbocycles. The molecule has 0 unspecified atom stereocenters. The van der Waals surface area contributed by atoms with Crippen molar-refractivity contribution in [3.05, 3.63) is 156 Å². The zero-order valence-corrected chi connectivity index (χ0v) is 34.5. The molecule has 6 aromatic carbocycles. The highest BCUT2D eigenvalue weighted by molar-refractivity contribution is 7.87. The topological polar surface area (TPSA) is 245 Å². The fraction of sp³-hybridized carbons (Fsp3) is 0.0500. The van der Waals surface area contributed by atoms with Crippen molar-refractivity contribution in [2.45, 2.75) is 33.4 Å². The van der Waals surface area contributed by atoms with Crippen molar-refractivity contribution in [3.63, 3.8) is 0 Å². The molecule has 0 spiro atoms. The molecule has 0 aliphatic carbocycles. The Morgan fingerprint density at radius 3 is 1.03 bits per heavy atom. The van der Waals surface area contributed by atoms with Gasteiger partial charge < -0.3 is 8.37 Å². The predicted octanol–water partition coefficient (Wildman–Crippen LogP) is 9.33. The normalized spacial score (nSPS) is 12.7. The van der Waals surface area contributed by atoms with Crippen LogP contribution in [0.25, 0.3) is 12.2 Å². The van der Waals surface area contributed by atoms with E-state index in [0.29, 0.717) is 0 Å². The highest BCUT2D eigenvalue weighted by Crippen LogP contribution is 2.31. The highest BCUT2D eigenvalue weighted by atomic mass is 32.2. The molecule has 0 bridgehead atoms. The second kappa shape index (κ2) is 17.4. The first kappa shape index (κ1) is 43.2. The summed E-state index contributed by atoms with van der Waals surface area (Å²) in [5.41, 5.74) is 2.13. The Kier molecular flexibility index (Phi) is 12.5. The molecule has 0 saturated heterocycles. The van der Waals surface area contributed by atoms with Crippen molar-refractivity contribution in [3.8, 4) is 11.5 Å². The van der Waals surface area contributed by atoms with Gasteiger partial charge in [-0.2, -0.15) is 54.1 Å². The van der Waals surface area contributed by atoms with E-state index in [-0.39, 0.29) is 55.2 Å². The number of azo groups is 2. The van der Waals surface area contributed by atoms with Gasteiger partial charge in [0.05, 0.1) is 22.7 Å². The van der Waals surface area contributed by atoms with Crippen LogP contribution in [0, 0.1) is 13.8 Å². The minimum Gasteiger partial charge on any atom is -0.379 e. The highest BCUT2D eigenvalue weighted by Gasteiger charge is 2.20. The van der Waals surface area contributed by atoms with Gasteiger partial charge in [0.1, 0.15) is 31.1 Å². The molecule has 0 amide bonds. The molecule has 0 atom stereocenters. The summed E-state index contributed by atoms with van der Waals surface area (Å²) in [7, 11) is -17.9. The number of rotatable bonds is 14. The minimum atomic E-state index is -4.86.